The Bertz CT molecular complexity index is 907. The van der Waals surface area contributed by atoms with E-state index in [1.54, 1.807) is 19.1 Å². The first-order valence-electron chi connectivity index (χ1n) is 7.44. The van der Waals surface area contributed by atoms with Crippen LogP contribution in [0.1, 0.15) is 16.2 Å². The number of benzene rings is 1. The van der Waals surface area contributed by atoms with Crippen LogP contribution in [0.4, 0.5) is 6.01 Å². The number of rotatable bonds is 6. The summed E-state index contributed by atoms with van der Waals surface area (Å²) in [5.74, 6) is 0.951. The van der Waals surface area contributed by atoms with Gasteiger partial charge in [0.2, 0.25) is 17.4 Å². The number of carbonyl (C=O) groups is 1. The Morgan fingerprint density at radius 1 is 1.04 bits per heavy atom. The molecule has 0 saturated heterocycles. The molecule has 1 aromatic carbocycles. The SMILES string of the molecule is COc1cc(-c2nnc(NC(=O)c3cc(C)no3)o2)cc(OC)c1OC. The monoisotopic (exact) mass is 360 g/mol. The predicted molar refractivity (Wildman–Crippen MR) is 88.6 cm³/mol. The highest BCUT2D eigenvalue weighted by Crippen LogP contribution is 2.41. The van der Waals surface area contributed by atoms with Crippen molar-refractivity contribution < 1.29 is 27.9 Å². The Hall–Kier alpha value is -3.56. The van der Waals surface area contributed by atoms with Crippen LogP contribution >= 0.6 is 0 Å². The van der Waals surface area contributed by atoms with Gasteiger partial charge in [-0.05, 0) is 19.1 Å². The van der Waals surface area contributed by atoms with Gasteiger partial charge < -0.3 is 23.2 Å². The number of aromatic nitrogens is 3. The molecular weight excluding hydrogens is 344 g/mol. The summed E-state index contributed by atoms with van der Waals surface area (Å²) >= 11 is 0. The number of nitrogens with one attached hydrogen (secondary N) is 1. The van der Waals surface area contributed by atoms with Crippen LogP contribution in [0.25, 0.3) is 11.5 Å². The number of methoxy groups -OCH3 is 3. The van der Waals surface area contributed by atoms with Crippen LogP contribution < -0.4 is 19.5 Å². The standard InChI is InChI=1S/C16H16N4O6/c1-8-5-12(26-20-8)14(21)17-16-19-18-15(25-16)9-6-10(22-2)13(24-4)11(7-9)23-3/h5-7H,1-4H3,(H,17,19,21). The van der Waals surface area contributed by atoms with Gasteiger partial charge in [-0.1, -0.05) is 10.3 Å². The van der Waals surface area contributed by atoms with Crippen LogP contribution in [-0.2, 0) is 0 Å². The van der Waals surface area contributed by atoms with E-state index in [1.165, 1.54) is 27.4 Å². The Balaban J connectivity index is 1.86. The molecule has 0 bridgehead atoms. The van der Waals surface area contributed by atoms with Gasteiger partial charge in [0.1, 0.15) is 0 Å². The fraction of sp³-hybridized carbons (Fsp3) is 0.250. The zero-order chi connectivity index (χ0) is 18.7. The first kappa shape index (κ1) is 17.3. The number of carbonyl (C=O) groups excluding carboxylic acids is 1. The summed E-state index contributed by atoms with van der Waals surface area (Å²) in [6, 6.07) is 4.71. The molecule has 0 unspecified atom stereocenters. The van der Waals surface area contributed by atoms with Crippen molar-refractivity contribution in [3.05, 3.63) is 29.7 Å². The molecule has 0 aliphatic heterocycles. The molecule has 2 heterocycles. The van der Waals surface area contributed by atoms with Gasteiger partial charge in [0, 0.05) is 11.6 Å². The average Bonchev–Trinajstić information content (AvgIpc) is 3.29. The van der Waals surface area contributed by atoms with Gasteiger partial charge in [-0.25, -0.2) is 0 Å². The summed E-state index contributed by atoms with van der Waals surface area (Å²) < 4.78 is 26.2. The van der Waals surface area contributed by atoms with Gasteiger partial charge in [0.05, 0.1) is 27.0 Å². The second kappa shape index (κ2) is 7.13. The highest BCUT2D eigenvalue weighted by Gasteiger charge is 2.19. The number of aryl methyl sites for hydroxylation is 1. The van der Waals surface area contributed by atoms with E-state index in [-0.39, 0.29) is 17.7 Å². The fourth-order valence-electron chi connectivity index (χ4n) is 2.22. The van der Waals surface area contributed by atoms with Crippen molar-refractivity contribution in [2.75, 3.05) is 26.6 Å². The summed E-state index contributed by atoms with van der Waals surface area (Å²) in [6.45, 7) is 1.70. The third kappa shape index (κ3) is 3.29. The van der Waals surface area contributed by atoms with Crippen molar-refractivity contribution >= 4 is 11.9 Å². The highest BCUT2D eigenvalue weighted by molar-refractivity contribution is 6.00. The van der Waals surface area contributed by atoms with Crippen molar-refractivity contribution in [1.29, 1.82) is 0 Å². The third-order valence-electron chi connectivity index (χ3n) is 3.41. The minimum Gasteiger partial charge on any atom is -0.493 e. The maximum Gasteiger partial charge on any atom is 0.322 e. The van der Waals surface area contributed by atoms with Gasteiger partial charge in [-0.3, -0.25) is 10.1 Å². The van der Waals surface area contributed by atoms with Crippen LogP contribution in [0.2, 0.25) is 0 Å². The van der Waals surface area contributed by atoms with E-state index in [2.05, 4.69) is 20.7 Å². The Morgan fingerprint density at radius 2 is 1.73 bits per heavy atom. The predicted octanol–water partition coefficient (Wildman–Crippen LogP) is 2.31. The van der Waals surface area contributed by atoms with Gasteiger partial charge >= 0.3 is 6.01 Å². The number of ether oxygens (including phenoxy) is 3. The van der Waals surface area contributed by atoms with Crippen LogP contribution in [0.5, 0.6) is 17.2 Å². The molecular formula is C16H16N4O6. The quantitative estimate of drug-likeness (QED) is 0.705. The first-order valence-corrected chi connectivity index (χ1v) is 7.44. The van der Waals surface area contributed by atoms with Crippen molar-refractivity contribution in [3.63, 3.8) is 0 Å². The maximum absolute atomic E-state index is 12.0. The fourth-order valence-corrected chi connectivity index (χ4v) is 2.22. The normalized spacial score (nSPS) is 10.5. The molecule has 1 N–H and O–H groups in total. The minimum absolute atomic E-state index is 0.0371. The van der Waals surface area contributed by atoms with Crippen molar-refractivity contribution in [2.24, 2.45) is 0 Å². The molecule has 0 spiro atoms. The molecule has 1 amide bonds. The minimum atomic E-state index is -0.550. The maximum atomic E-state index is 12.0. The third-order valence-corrected chi connectivity index (χ3v) is 3.41. The zero-order valence-corrected chi connectivity index (χ0v) is 14.5. The summed E-state index contributed by atoms with van der Waals surface area (Å²) in [6.07, 6.45) is 0. The summed E-state index contributed by atoms with van der Waals surface area (Å²) in [4.78, 5) is 12.0. The Labute approximate surface area is 148 Å². The van der Waals surface area contributed by atoms with Gasteiger partial charge in [-0.15, -0.1) is 5.10 Å². The van der Waals surface area contributed by atoms with E-state index in [0.29, 0.717) is 28.5 Å². The lowest BCUT2D eigenvalue weighted by Crippen LogP contribution is -2.11. The number of nitrogens with zero attached hydrogens (tertiary/aromatic N) is 3. The summed E-state index contributed by atoms with van der Waals surface area (Å²) in [7, 11) is 4.51. The Kier molecular flexibility index (Phi) is 4.74. The lowest BCUT2D eigenvalue weighted by Gasteiger charge is -2.12. The molecule has 2 aromatic heterocycles. The van der Waals surface area contributed by atoms with Crippen molar-refractivity contribution in [3.8, 4) is 28.7 Å². The van der Waals surface area contributed by atoms with Crippen LogP contribution in [0.3, 0.4) is 0 Å². The number of amides is 1. The molecule has 0 saturated carbocycles. The van der Waals surface area contributed by atoms with Gasteiger partial charge in [0.25, 0.3) is 5.91 Å². The molecule has 0 aliphatic rings. The van der Waals surface area contributed by atoms with Crippen molar-refractivity contribution in [2.45, 2.75) is 6.92 Å². The van der Waals surface area contributed by atoms with Crippen molar-refractivity contribution in [1.82, 2.24) is 15.4 Å². The first-order chi connectivity index (χ1) is 12.5. The molecule has 0 atom stereocenters. The van der Waals surface area contributed by atoms with E-state index in [4.69, 9.17) is 23.2 Å². The van der Waals surface area contributed by atoms with Crippen LogP contribution in [0, 0.1) is 6.92 Å². The number of hydrogen-bond donors (Lipinski definition) is 1. The van der Waals surface area contributed by atoms with Crippen LogP contribution in [-0.4, -0.2) is 42.6 Å². The number of anilines is 1. The average molecular weight is 360 g/mol. The van der Waals surface area contributed by atoms with E-state index < -0.39 is 5.91 Å². The summed E-state index contributed by atoms with van der Waals surface area (Å²) in [5.41, 5.74) is 1.11. The molecule has 3 rings (SSSR count). The highest BCUT2D eigenvalue weighted by atomic mass is 16.5. The number of hydrogen-bond acceptors (Lipinski definition) is 9. The molecule has 10 heteroatoms. The lowest BCUT2D eigenvalue weighted by molar-refractivity contribution is 0.0985. The molecule has 0 radical (unpaired) electrons. The second-order valence-electron chi connectivity index (χ2n) is 5.11. The molecule has 136 valence electrons. The molecule has 0 fully saturated rings. The smallest absolute Gasteiger partial charge is 0.322 e. The van der Waals surface area contributed by atoms with E-state index in [0.717, 1.165) is 0 Å². The summed E-state index contributed by atoms with van der Waals surface area (Å²) in [5, 5.41) is 13.8. The largest absolute Gasteiger partial charge is 0.493 e. The van der Waals surface area contributed by atoms with Gasteiger partial charge in [-0.2, -0.15) is 0 Å². The lowest BCUT2D eigenvalue weighted by atomic mass is 10.2. The zero-order valence-electron chi connectivity index (χ0n) is 14.5. The second-order valence-corrected chi connectivity index (χ2v) is 5.11. The van der Waals surface area contributed by atoms with Crippen LogP contribution in [0.15, 0.2) is 27.1 Å². The van der Waals surface area contributed by atoms with E-state index >= 15 is 0 Å². The van der Waals surface area contributed by atoms with Gasteiger partial charge in [0.15, 0.2) is 11.5 Å². The Morgan fingerprint density at radius 3 is 2.27 bits per heavy atom. The topological polar surface area (TPSA) is 122 Å². The molecule has 26 heavy (non-hydrogen) atoms. The molecule has 3 aromatic rings. The molecule has 0 aliphatic carbocycles. The van der Waals surface area contributed by atoms with E-state index in [1.807, 2.05) is 0 Å². The van der Waals surface area contributed by atoms with E-state index in [9.17, 15) is 4.79 Å². The molecule has 10 nitrogen and oxygen atoms in total.